The number of amides is 1. The van der Waals surface area contributed by atoms with E-state index in [9.17, 15) is 4.79 Å². The van der Waals surface area contributed by atoms with E-state index < -0.39 is 5.60 Å². The normalized spacial score (nSPS) is 22.7. The summed E-state index contributed by atoms with van der Waals surface area (Å²) >= 11 is 8.08. The van der Waals surface area contributed by atoms with Gasteiger partial charge in [0, 0.05) is 48.2 Å². The molecule has 1 aromatic carbocycles. The Hall–Kier alpha value is -0.910. The number of benzene rings is 1. The number of nitrogens with zero attached hydrogens (tertiary/aromatic N) is 2. The maximum absolute atomic E-state index is 12.3. The molecule has 0 spiro atoms. The molecule has 2 saturated heterocycles. The first-order valence-corrected chi connectivity index (χ1v) is 11.4. The number of carbonyl (C=O) groups excluding carboxylic acids is 1. The monoisotopic (exact) mass is 410 g/mol. The fraction of sp³-hybridized carbons (Fsp3) is 0.667. The SMILES string of the molecule is CC(C)(C)OC(=O)N1CCC(N2CCSC[C@@H]2Cc2ccc(Cl)cc2)CC1. The molecule has 0 aromatic heterocycles. The fourth-order valence-corrected chi connectivity index (χ4v) is 5.14. The molecule has 2 fully saturated rings. The van der Waals surface area contributed by atoms with Gasteiger partial charge in [-0.15, -0.1) is 0 Å². The highest BCUT2D eigenvalue weighted by molar-refractivity contribution is 7.99. The predicted octanol–water partition coefficient (Wildman–Crippen LogP) is 4.70. The van der Waals surface area contributed by atoms with Crippen LogP contribution in [0, 0.1) is 0 Å². The molecule has 1 amide bonds. The van der Waals surface area contributed by atoms with Crippen LogP contribution in [0.1, 0.15) is 39.2 Å². The third-order valence-electron chi connectivity index (χ3n) is 5.24. The van der Waals surface area contributed by atoms with Crippen LogP contribution in [-0.2, 0) is 11.2 Å². The molecule has 6 heteroatoms. The standard InChI is InChI=1S/C21H31ClN2O2S/c1-21(2,3)26-20(25)23-10-8-18(9-11-23)24-12-13-27-15-19(24)14-16-4-6-17(22)7-5-16/h4-7,18-19H,8-15H2,1-3H3/t19-/m0/s1. The number of carbonyl (C=O) groups is 1. The Balaban J connectivity index is 1.56. The molecule has 0 bridgehead atoms. The quantitative estimate of drug-likeness (QED) is 0.723. The van der Waals surface area contributed by atoms with Gasteiger partial charge in [-0.1, -0.05) is 23.7 Å². The minimum Gasteiger partial charge on any atom is -0.444 e. The molecule has 0 N–H and O–H groups in total. The summed E-state index contributed by atoms with van der Waals surface area (Å²) in [7, 11) is 0. The van der Waals surface area contributed by atoms with Crippen molar-refractivity contribution in [3.05, 3.63) is 34.9 Å². The van der Waals surface area contributed by atoms with E-state index in [-0.39, 0.29) is 6.09 Å². The summed E-state index contributed by atoms with van der Waals surface area (Å²) < 4.78 is 5.53. The Morgan fingerprint density at radius 3 is 2.48 bits per heavy atom. The van der Waals surface area contributed by atoms with Crippen LogP contribution in [0.15, 0.2) is 24.3 Å². The minimum atomic E-state index is -0.429. The Morgan fingerprint density at radius 1 is 1.19 bits per heavy atom. The molecular weight excluding hydrogens is 380 g/mol. The van der Waals surface area contributed by atoms with Crippen LogP contribution in [0.2, 0.25) is 5.02 Å². The first kappa shape index (κ1) is 20.8. The Morgan fingerprint density at radius 2 is 1.85 bits per heavy atom. The Labute approximate surface area is 172 Å². The third-order valence-corrected chi connectivity index (χ3v) is 6.59. The van der Waals surface area contributed by atoms with Crippen LogP contribution in [0.5, 0.6) is 0 Å². The lowest BCUT2D eigenvalue weighted by Crippen LogP contribution is -2.54. The maximum atomic E-state index is 12.3. The molecule has 0 aliphatic carbocycles. The van der Waals surface area contributed by atoms with Crippen molar-refractivity contribution < 1.29 is 9.53 Å². The zero-order valence-electron chi connectivity index (χ0n) is 16.6. The van der Waals surface area contributed by atoms with E-state index in [0.29, 0.717) is 12.1 Å². The van der Waals surface area contributed by atoms with E-state index in [0.717, 1.165) is 43.9 Å². The van der Waals surface area contributed by atoms with E-state index in [1.54, 1.807) is 0 Å². The van der Waals surface area contributed by atoms with Gasteiger partial charge >= 0.3 is 6.09 Å². The first-order valence-electron chi connectivity index (χ1n) is 9.88. The van der Waals surface area contributed by atoms with E-state index >= 15 is 0 Å². The molecule has 0 radical (unpaired) electrons. The first-order chi connectivity index (χ1) is 12.8. The van der Waals surface area contributed by atoms with Crippen LogP contribution in [0.25, 0.3) is 0 Å². The van der Waals surface area contributed by atoms with Gasteiger partial charge < -0.3 is 9.64 Å². The molecule has 0 saturated carbocycles. The zero-order chi connectivity index (χ0) is 19.4. The van der Waals surface area contributed by atoms with Crippen molar-refractivity contribution in [1.82, 2.24) is 9.80 Å². The summed E-state index contributed by atoms with van der Waals surface area (Å²) in [6.45, 7) is 8.48. The highest BCUT2D eigenvalue weighted by Crippen LogP contribution is 2.27. The lowest BCUT2D eigenvalue weighted by Gasteiger charge is -2.44. The number of rotatable bonds is 3. The van der Waals surface area contributed by atoms with E-state index in [2.05, 4.69) is 28.8 Å². The summed E-state index contributed by atoms with van der Waals surface area (Å²) in [6.07, 6.45) is 2.95. The minimum absolute atomic E-state index is 0.173. The maximum Gasteiger partial charge on any atom is 0.410 e. The van der Waals surface area contributed by atoms with Crippen LogP contribution < -0.4 is 0 Å². The second-order valence-electron chi connectivity index (χ2n) is 8.50. The lowest BCUT2D eigenvalue weighted by molar-refractivity contribution is 0.0120. The molecule has 2 aliphatic heterocycles. The van der Waals surface area contributed by atoms with Crippen molar-refractivity contribution in [3.63, 3.8) is 0 Å². The molecule has 150 valence electrons. The zero-order valence-corrected chi connectivity index (χ0v) is 18.2. The number of thioether (sulfide) groups is 1. The van der Waals surface area contributed by atoms with Crippen molar-refractivity contribution >= 4 is 29.5 Å². The summed E-state index contributed by atoms with van der Waals surface area (Å²) in [5, 5.41) is 0.795. The van der Waals surface area contributed by atoms with Crippen molar-refractivity contribution in [2.45, 2.75) is 57.7 Å². The third kappa shape index (κ3) is 6.03. The van der Waals surface area contributed by atoms with Gasteiger partial charge in [0.2, 0.25) is 0 Å². The molecule has 27 heavy (non-hydrogen) atoms. The molecule has 4 nitrogen and oxygen atoms in total. The Bertz CT molecular complexity index is 624. The number of ether oxygens (including phenoxy) is 1. The van der Waals surface area contributed by atoms with E-state index in [1.807, 2.05) is 37.8 Å². The average molecular weight is 411 g/mol. The van der Waals surface area contributed by atoms with Crippen LogP contribution >= 0.6 is 23.4 Å². The molecule has 1 aromatic rings. The summed E-state index contributed by atoms with van der Waals surface area (Å²) in [4.78, 5) is 16.9. The number of hydrogen-bond donors (Lipinski definition) is 0. The second kappa shape index (κ2) is 9.06. The highest BCUT2D eigenvalue weighted by Gasteiger charge is 2.33. The molecule has 2 heterocycles. The van der Waals surface area contributed by atoms with Gasteiger partial charge in [0.25, 0.3) is 0 Å². The molecule has 2 aliphatic rings. The smallest absolute Gasteiger partial charge is 0.410 e. The molecule has 0 unspecified atom stereocenters. The summed E-state index contributed by atoms with van der Waals surface area (Å²) in [6, 6.07) is 9.37. The van der Waals surface area contributed by atoms with Crippen molar-refractivity contribution in [2.75, 3.05) is 31.1 Å². The molecular formula is C21H31ClN2O2S. The van der Waals surface area contributed by atoms with Gasteiger partial charge in [0.1, 0.15) is 5.60 Å². The second-order valence-corrected chi connectivity index (χ2v) is 10.1. The van der Waals surface area contributed by atoms with Gasteiger partial charge in [-0.2, -0.15) is 11.8 Å². The fourth-order valence-electron chi connectivity index (χ4n) is 3.92. The van der Waals surface area contributed by atoms with Gasteiger partial charge in [-0.3, -0.25) is 4.90 Å². The van der Waals surface area contributed by atoms with Crippen molar-refractivity contribution in [3.8, 4) is 0 Å². The van der Waals surface area contributed by atoms with Crippen LogP contribution in [-0.4, -0.2) is 64.7 Å². The van der Waals surface area contributed by atoms with Gasteiger partial charge in [-0.25, -0.2) is 4.79 Å². The van der Waals surface area contributed by atoms with E-state index in [4.69, 9.17) is 16.3 Å². The number of halogens is 1. The number of hydrogen-bond acceptors (Lipinski definition) is 4. The van der Waals surface area contributed by atoms with Crippen LogP contribution in [0.4, 0.5) is 4.79 Å². The lowest BCUT2D eigenvalue weighted by atomic mass is 9.98. The number of piperidine rings is 1. The summed E-state index contributed by atoms with van der Waals surface area (Å²) in [5.74, 6) is 2.37. The Kier molecular flexibility index (Phi) is 6.98. The molecule has 3 rings (SSSR count). The van der Waals surface area contributed by atoms with Crippen molar-refractivity contribution in [1.29, 1.82) is 0 Å². The summed E-state index contributed by atoms with van der Waals surface area (Å²) in [5.41, 5.74) is 0.921. The predicted molar refractivity (Wildman–Crippen MR) is 114 cm³/mol. The highest BCUT2D eigenvalue weighted by atomic mass is 35.5. The van der Waals surface area contributed by atoms with Crippen molar-refractivity contribution in [2.24, 2.45) is 0 Å². The van der Waals surface area contributed by atoms with Crippen LogP contribution in [0.3, 0.4) is 0 Å². The number of likely N-dealkylation sites (tertiary alicyclic amines) is 1. The molecule has 1 atom stereocenters. The van der Waals surface area contributed by atoms with Gasteiger partial charge in [-0.05, 0) is 57.7 Å². The van der Waals surface area contributed by atoms with Gasteiger partial charge in [0.05, 0.1) is 0 Å². The van der Waals surface area contributed by atoms with E-state index in [1.165, 1.54) is 17.1 Å². The largest absolute Gasteiger partial charge is 0.444 e. The average Bonchev–Trinajstić information content (AvgIpc) is 2.63. The topological polar surface area (TPSA) is 32.8 Å². The van der Waals surface area contributed by atoms with Gasteiger partial charge in [0.15, 0.2) is 0 Å².